The van der Waals surface area contributed by atoms with Crippen molar-refractivity contribution in [2.45, 2.75) is 110 Å². The van der Waals surface area contributed by atoms with Crippen LogP contribution < -0.4 is 5.32 Å². The molecule has 168 valence electrons. The molecule has 1 rings (SSSR count). The summed E-state index contributed by atoms with van der Waals surface area (Å²) < 4.78 is 5.09. The molecule has 0 bridgehead atoms. The van der Waals surface area contributed by atoms with Crippen LogP contribution in [0.4, 0.5) is 0 Å². The number of piperazine rings is 1. The number of nitrogens with zero attached hydrogens (tertiary/aromatic N) is 1. The molecule has 1 fully saturated rings. The van der Waals surface area contributed by atoms with Gasteiger partial charge in [0.2, 0.25) is 11.8 Å². The van der Waals surface area contributed by atoms with Crippen molar-refractivity contribution in [3.05, 3.63) is 0 Å². The number of unbranched alkanes of at least 4 members (excludes halogenated alkanes) is 10. The van der Waals surface area contributed by atoms with Crippen molar-refractivity contribution in [3.8, 4) is 0 Å². The molecule has 1 saturated heterocycles. The van der Waals surface area contributed by atoms with Crippen LogP contribution in [0.3, 0.4) is 0 Å². The highest BCUT2D eigenvalue weighted by atomic mass is 16.5. The maximum Gasteiger partial charge on any atom is 0.308 e. The minimum atomic E-state index is -0.728. The summed E-state index contributed by atoms with van der Waals surface area (Å²) in [6.45, 7) is 5.42. The first kappa shape index (κ1) is 25.4. The molecule has 29 heavy (non-hydrogen) atoms. The van der Waals surface area contributed by atoms with Crippen LogP contribution in [0.1, 0.15) is 104 Å². The first-order valence-corrected chi connectivity index (χ1v) is 11.8. The largest absolute Gasteiger partial charge is 0.466 e. The third-order valence-corrected chi connectivity index (χ3v) is 5.47. The molecular formula is C23H42N2O4. The highest BCUT2D eigenvalue weighted by molar-refractivity contribution is 5.91. The summed E-state index contributed by atoms with van der Waals surface area (Å²) in [5.74, 6) is -0.692. The molecule has 1 aliphatic heterocycles. The van der Waals surface area contributed by atoms with Crippen molar-refractivity contribution in [1.82, 2.24) is 10.2 Å². The topological polar surface area (TPSA) is 75.7 Å². The molecular weight excluding hydrogens is 368 g/mol. The molecule has 0 saturated carbocycles. The summed E-state index contributed by atoms with van der Waals surface area (Å²) in [5.41, 5.74) is 0. The third-order valence-electron chi connectivity index (χ3n) is 5.47. The highest BCUT2D eigenvalue weighted by Gasteiger charge is 2.34. The number of esters is 1. The van der Waals surface area contributed by atoms with Crippen LogP contribution in [0, 0.1) is 0 Å². The molecule has 2 amide bonds. The molecule has 1 unspecified atom stereocenters. The van der Waals surface area contributed by atoms with E-state index < -0.39 is 12.0 Å². The fraction of sp³-hybridized carbons (Fsp3) is 0.870. The van der Waals surface area contributed by atoms with E-state index in [-0.39, 0.29) is 18.2 Å². The standard InChI is InChI=1S/C23H42N2O4/c1-3-5-6-7-8-9-10-11-12-13-14-15-21(26)25-17-16-24-23(28)20(25)19-22(27)29-18-4-2/h20H,3-19H2,1-2H3,(H,24,28). The van der Waals surface area contributed by atoms with Gasteiger partial charge in [-0.1, -0.05) is 78.1 Å². The number of carbonyl (C=O) groups is 3. The lowest BCUT2D eigenvalue weighted by molar-refractivity contribution is -0.152. The lowest BCUT2D eigenvalue weighted by Gasteiger charge is -2.34. The SMILES string of the molecule is CCCCCCCCCCCCCC(=O)N1CCNC(=O)C1CC(=O)OCCC. The van der Waals surface area contributed by atoms with Gasteiger partial charge < -0.3 is 15.0 Å². The summed E-state index contributed by atoms with van der Waals surface area (Å²) in [5, 5.41) is 2.75. The summed E-state index contributed by atoms with van der Waals surface area (Å²) >= 11 is 0. The molecule has 1 N–H and O–H groups in total. The van der Waals surface area contributed by atoms with E-state index in [1.807, 2.05) is 6.92 Å². The van der Waals surface area contributed by atoms with E-state index in [1.54, 1.807) is 4.90 Å². The fourth-order valence-electron chi connectivity index (χ4n) is 3.73. The molecule has 1 heterocycles. The van der Waals surface area contributed by atoms with Crippen LogP contribution in [-0.2, 0) is 19.1 Å². The van der Waals surface area contributed by atoms with Crippen molar-refractivity contribution >= 4 is 17.8 Å². The van der Waals surface area contributed by atoms with Crippen molar-refractivity contribution < 1.29 is 19.1 Å². The molecule has 0 aromatic rings. The lowest BCUT2D eigenvalue weighted by atomic mass is 10.0. The Kier molecular flexibility index (Phi) is 14.2. The molecule has 0 aromatic carbocycles. The quantitative estimate of drug-likeness (QED) is 0.303. The van der Waals surface area contributed by atoms with Gasteiger partial charge in [0.1, 0.15) is 6.04 Å². The Bertz CT molecular complexity index is 481. The average molecular weight is 411 g/mol. The van der Waals surface area contributed by atoms with Gasteiger partial charge in [-0.15, -0.1) is 0 Å². The van der Waals surface area contributed by atoms with Gasteiger partial charge in [0.15, 0.2) is 0 Å². The zero-order valence-corrected chi connectivity index (χ0v) is 18.7. The third kappa shape index (κ3) is 11.2. The zero-order valence-electron chi connectivity index (χ0n) is 18.7. The first-order chi connectivity index (χ1) is 14.1. The van der Waals surface area contributed by atoms with Crippen LogP contribution in [0.5, 0.6) is 0 Å². The second-order valence-corrected chi connectivity index (χ2v) is 8.10. The number of ether oxygens (including phenoxy) is 1. The Labute approximate surface area is 177 Å². The number of nitrogens with one attached hydrogen (secondary N) is 1. The van der Waals surface area contributed by atoms with Gasteiger partial charge in [-0.05, 0) is 12.8 Å². The van der Waals surface area contributed by atoms with Crippen LogP contribution in [0.15, 0.2) is 0 Å². The lowest BCUT2D eigenvalue weighted by Crippen LogP contribution is -2.57. The molecule has 0 aromatic heterocycles. The van der Waals surface area contributed by atoms with Crippen LogP contribution in [0.25, 0.3) is 0 Å². The minimum Gasteiger partial charge on any atom is -0.466 e. The molecule has 0 spiro atoms. The smallest absolute Gasteiger partial charge is 0.308 e. The fourth-order valence-corrected chi connectivity index (χ4v) is 3.73. The van der Waals surface area contributed by atoms with E-state index in [0.29, 0.717) is 26.1 Å². The van der Waals surface area contributed by atoms with E-state index >= 15 is 0 Å². The Morgan fingerprint density at radius 1 is 0.931 bits per heavy atom. The number of hydrogen-bond acceptors (Lipinski definition) is 4. The Morgan fingerprint density at radius 3 is 2.10 bits per heavy atom. The maximum absolute atomic E-state index is 12.6. The number of hydrogen-bond donors (Lipinski definition) is 1. The Morgan fingerprint density at radius 2 is 1.52 bits per heavy atom. The van der Waals surface area contributed by atoms with Gasteiger partial charge in [0.25, 0.3) is 0 Å². The summed E-state index contributed by atoms with van der Waals surface area (Å²) in [4.78, 5) is 38.2. The monoisotopic (exact) mass is 410 g/mol. The molecule has 0 radical (unpaired) electrons. The molecule has 1 atom stereocenters. The predicted molar refractivity (Wildman–Crippen MR) is 115 cm³/mol. The number of amides is 2. The van der Waals surface area contributed by atoms with Crippen molar-refractivity contribution in [2.75, 3.05) is 19.7 Å². The van der Waals surface area contributed by atoms with Gasteiger partial charge in [0.05, 0.1) is 13.0 Å². The molecule has 6 heteroatoms. The van der Waals surface area contributed by atoms with Crippen molar-refractivity contribution in [1.29, 1.82) is 0 Å². The van der Waals surface area contributed by atoms with E-state index in [1.165, 1.54) is 51.4 Å². The summed E-state index contributed by atoms with van der Waals surface area (Å²) in [6, 6.07) is -0.728. The number of rotatable bonds is 16. The van der Waals surface area contributed by atoms with Gasteiger partial charge in [-0.3, -0.25) is 14.4 Å². The first-order valence-electron chi connectivity index (χ1n) is 11.8. The van der Waals surface area contributed by atoms with Crippen LogP contribution in [0.2, 0.25) is 0 Å². The average Bonchev–Trinajstić information content (AvgIpc) is 2.71. The van der Waals surface area contributed by atoms with Gasteiger partial charge in [-0.2, -0.15) is 0 Å². The second-order valence-electron chi connectivity index (χ2n) is 8.10. The minimum absolute atomic E-state index is 0.0240. The van der Waals surface area contributed by atoms with E-state index in [2.05, 4.69) is 12.2 Å². The van der Waals surface area contributed by atoms with Gasteiger partial charge >= 0.3 is 5.97 Å². The summed E-state index contributed by atoms with van der Waals surface area (Å²) in [7, 11) is 0. The van der Waals surface area contributed by atoms with Crippen LogP contribution >= 0.6 is 0 Å². The van der Waals surface area contributed by atoms with Gasteiger partial charge in [0, 0.05) is 19.5 Å². The van der Waals surface area contributed by atoms with Crippen LogP contribution in [-0.4, -0.2) is 48.4 Å². The molecule has 6 nitrogen and oxygen atoms in total. The maximum atomic E-state index is 12.6. The summed E-state index contributed by atoms with van der Waals surface area (Å²) in [6.07, 6.45) is 14.8. The highest BCUT2D eigenvalue weighted by Crippen LogP contribution is 2.15. The molecule has 1 aliphatic rings. The normalized spacial score (nSPS) is 16.6. The Balaban J connectivity index is 2.20. The molecule has 0 aliphatic carbocycles. The predicted octanol–water partition coefficient (Wildman–Crippen LogP) is 4.36. The zero-order chi connectivity index (χ0) is 21.3. The van der Waals surface area contributed by atoms with E-state index in [0.717, 1.165) is 25.7 Å². The second kappa shape index (κ2) is 16.2. The van der Waals surface area contributed by atoms with Gasteiger partial charge in [-0.25, -0.2) is 0 Å². The van der Waals surface area contributed by atoms with E-state index in [9.17, 15) is 14.4 Å². The Hall–Kier alpha value is -1.59. The van der Waals surface area contributed by atoms with E-state index in [4.69, 9.17) is 4.74 Å². The number of carbonyl (C=O) groups excluding carboxylic acids is 3. The van der Waals surface area contributed by atoms with Crippen molar-refractivity contribution in [3.63, 3.8) is 0 Å². The van der Waals surface area contributed by atoms with Crippen molar-refractivity contribution in [2.24, 2.45) is 0 Å².